The Labute approximate surface area is 89.0 Å². The molecule has 0 amide bonds. The molecule has 1 aromatic carbocycles. The fourth-order valence-corrected chi connectivity index (χ4v) is 2.50. The summed E-state index contributed by atoms with van der Waals surface area (Å²) in [4.78, 5) is 10.6. The molecule has 1 aromatic heterocycles. The maximum atomic E-state index is 10.6. The van der Waals surface area contributed by atoms with Crippen LogP contribution in [-0.2, 0) is 11.2 Å². The summed E-state index contributed by atoms with van der Waals surface area (Å²) in [5.41, 5.74) is 0.569. The Bertz CT molecular complexity index is 529. The van der Waals surface area contributed by atoms with Gasteiger partial charge in [0.2, 0.25) is 0 Å². The van der Waals surface area contributed by atoms with Crippen LogP contribution in [0.3, 0.4) is 0 Å². The minimum Gasteiger partial charge on any atom is -0.508 e. The van der Waals surface area contributed by atoms with Crippen LogP contribution in [-0.4, -0.2) is 21.3 Å². The summed E-state index contributed by atoms with van der Waals surface area (Å²) in [7, 11) is 0. The summed E-state index contributed by atoms with van der Waals surface area (Å²) in [6.07, 6.45) is -0.127. The van der Waals surface area contributed by atoms with Gasteiger partial charge in [0, 0.05) is 16.2 Å². The summed E-state index contributed by atoms with van der Waals surface area (Å²) in [6.45, 7) is 0. The summed E-state index contributed by atoms with van der Waals surface area (Å²) in [5, 5.41) is 29.7. The molecule has 2 rings (SSSR count). The predicted octanol–water partition coefficient (Wildman–Crippen LogP) is 1.94. The Hall–Kier alpha value is -1.75. The zero-order valence-corrected chi connectivity index (χ0v) is 8.41. The molecular formula is C10H8O4S. The maximum Gasteiger partial charge on any atom is 0.307 e. The Morgan fingerprint density at radius 2 is 2.07 bits per heavy atom. The van der Waals surface area contributed by atoms with Crippen LogP contribution >= 0.6 is 11.3 Å². The molecule has 4 nitrogen and oxygen atoms in total. The van der Waals surface area contributed by atoms with E-state index in [1.165, 1.54) is 23.5 Å². The smallest absolute Gasteiger partial charge is 0.307 e. The van der Waals surface area contributed by atoms with Crippen molar-refractivity contribution in [2.75, 3.05) is 0 Å². The summed E-state index contributed by atoms with van der Waals surface area (Å²) >= 11 is 1.30. The van der Waals surface area contributed by atoms with E-state index in [0.29, 0.717) is 15.6 Å². The fourth-order valence-electron chi connectivity index (χ4n) is 1.49. The standard InChI is InChI=1S/C10H8O4S/c11-6-2-7(12)10-5(1-9(13)14)4-15-8(10)3-6/h2-4,11-12H,1H2,(H,13,14). The molecule has 0 bridgehead atoms. The van der Waals surface area contributed by atoms with Crippen molar-refractivity contribution in [2.24, 2.45) is 0 Å². The van der Waals surface area contributed by atoms with Gasteiger partial charge in [0.05, 0.1) is 6.42 Å². The first-order chi connectivity index (χ1) is 7.08. The topological polar surface area (TPSA) is 77.8 Å². The number of phenolic OH excluding ortho intramolecular Hbond substituents is 2. The van der Waals surface area contributed by atoms with Crippen molar-refractivity contribution in [1.82, 2.24) is 0 Å². The Balaban J connectivity index is 2.63. The SMILES string of the molecule is O=C(O)Cc1csc2cc(O)cc(O)c12. The molecule has 0 aliphatic rings. The number of phenols is 2. The Morgan fingerprint density at radius 3 is 2.73 bits per heavy atom. The van der Waals surface area contributed by atoms with Crippen molar-refractivity contribution in [2.45, 2.75) is 6.42 Å². The van der Waals surface area contributed by atoms with Crippen molar-refractivity contribution >= 4 is 27.4 Å². The number of benzene rings is 1. The maximum absolute atomic E-state index is 10.6. The van der Waals surface area contributed by atoms with E-state index in [2.05, 4.69) is 0 Å². The van der Waals surface area contributed by atoms with Crippen molar-refractivity contribution in [3.05, 3.63) is 23.1 Å². The van der Waals surface area contributed by atoms with E-state index in [-0.39, 0.29) is 17.9 Å². The predicted molar refractivity (Wildman–Crippen MR) is 56.5 cm³/mol. The number of carbonyl (C=O) groups is 1. The number of hydrogen-bond donors (Lipinski definition) is 3. The minimum atomic E-state index is -0.942. The second kappa shape index (κ2) is 3.43. The molecule has 5 heteroatoms. The molecule has 0 aliphatic heterocycles. The lowest BCUT2D eigenvalue weighted by molar-refractivity contribution is -0.136. The molecule has 2 aromatic rings. The molecule has 3 N–H and O–H groups in total. The van der Waals surface area contributed by atoms with Gasteiger partial charge in [-0.3, -0.25) is 4.79 Å². The lowest BCUT2D eigenvalue weighted by Gasteiger charge is -1.99. The quantitative estimate of drug-likeness (QED) is 0.728. The Morgan fingerprint density at radius 1 is 1.33 bits per heavy atom. The van der Waals surface area contributed by atoms with Crippen LogP contribution in [0, 0.1) is 0 Å². The second-order valence-corrected chi connectivity index (χ2v) is 4.08. The van der Waals surface area contributed by atoms with Gasteiger partial charge in [0.25, 0.3) is 0 Å². The molecule has 0 radical (unpaired) electrons. The van der Waals surface area contributed by atoms with Gasteiger partial charge in [-0.15, -0.1) is 11.3 Å². The van der Waals surface area contributed by atoms with Crippen molar-refractivity contribution < 1.29 is 20.1 Å². The number of fused-ring (bicyclic) bond motifs is 1. The highest BCUT2D eigenvalue weighted by Crippen LogP contribution is 2.36. The normalized spacial score (nSPS) is 10.7. The van der Waals surface area contributed by atoms with Crippen LogP contribution in [0.1, 0.15) is 5.56 Å². The van der Waals surface area contributed by atoms with Crippen LogP contribution in [0.15, 0.2) is 17.5 Å². The van der Waals surface area contributed by atoms with Gasteiger partial charge in [0.15, 0.2) is 0 Å². The average Bonchev–Trinajstić information content (AvgIpc) is 2.46. The number of carboxylic acids is 1. The van der Waals surface area contributed by atoms with Crippen LogP contribution < -0.4 is 0 Å². The van der Waals surface area contributed by atoms with E-state index >= 15 is 0 Å². The van der Waals surface area contributed by atoms with Crippen LogP contribution in [0.4, 0.5) is 0 Å². The van der Waals surface area contributed by atoms with Gasteiger partial charge in [0.1, 0.15) is 11.5 Å². The lowest BCUT2D eigenvalue weighted by Crippen LogP contribution is -1.98. The fraction of sp³-hybridized carbons (Fsp3) is 0.100. The highest BCUT2D eigenvalue weighted by atomic mass is 32.1. The molecule has 0 atom stereocenters. The van der Waals surface area contributed by atoms with E-state index < -0.39 is 5.97 Å². The molecule has 1 heterocycles. The minimum absolute atomic E-state index is 0.0243. The van der Waals surface area contributed by atoms with Crippen LogP contribution in [0.25, 0.3) is 10.1 Å². The van der Waals surface area contributed by atoms with Gasteiger partial charge in [-0.2, -0.15) is 0 Å². The summed E-state index contributed by atoms with van der Waals surface area (Å²) in [6, 6.07) is 2.71. The molecule has 0 aliphatic carbocycles. The lowest BCUT2D eigenvalue weighted by atomic mass is 10.1. The van der Waals surface area contributed by atoms with Gasteiger partial charge in [-0.05, 0) is 17.0 Å². The highest BCUT2D eigenvalue weighted by molar-refractivity contribution is 7.17. The van der Waals surface area contributed by atoms with Gasteiger partial charge in [-0.25, -0.2) is 0 Å². The molecule has 78 valence electrons. The monoisotopic (exact) mass is 224 g/mol. The number of carboxylic acid groups (broad SMARTS) is 1. The van der Waals surface area contributed by atoms with E-state index in [0.717, 1.165) is 0 Å². The number of rotatable bonds is 2. The van der Waals surface area contributed by atoms with Gasteiger partial charge >= 0.3 is 5.97 Å². The van der Waals surface area contributed by atoms with Crippen LogP contribution in [0.5, 0.6) is 11.5 Å². The second-order valence-electron chi connectivity index (χ2n) is 3.17. The average molecular weight is 224 g/mol. The van der Waals surface area contributed by atoms with Crippen molar-refractivity contribution in [3.8, 4) is 11.5 Å². The molecule has 15 heavy (non-hydrogen) atoms. The van der Waals surface area contributed by atoms with Crippen molar-refractivity contribution in [3.63, 3.8) is 0 Å². The number of aliphatic carboxylic acids is 1. The van der Waals surface area contributed by atoms with E-state index in [1.54, 1.807) is 5.38 Å². The molecular weight excluding hydrogens is 216 g/mol. The van der Waals surface area contributed by atoms with Gasteiger partial charge < -0.3 is 15.3 Å². The van der Waals surface area contributed by atoms with Crippen LogP contribution in [0.2, 0.25) is 0 Å². The summed E-state index contributed by atoms with van der Waals surface area (Å²) in [5.74, 6) is -1.05. The number of hydrogen-bond acceptors (Lipinski definition) is 4. The zero-order chi connectivity index (χ0) is 11.0. The largest absolute Gasteiger partial charge is 0.508 e. The molecule has 0 unspecified atom stereocenters. The number of thiophene rings is 1. The van der Waals surface area contributed by atoms with Crippen molar-refractivity contribution in [1.29, 1.82) is 0 Å². The molecule has 0 saturated heterocycles. The third-order valence-corrected chi connectivity index (χ3v) is 3.04. The Kier molecular flexibility index (Phi) is 2.24. The molecule has 0 fully saturated rings. The van der Waals surface area contributed by atoms with Gasteiger partial charge in [-0.1, -0.05) is 0 Å². The zero-order valence-electron chi connectivity index (χ0n) is 7.60. The molecule has 0 saturated carbocycles. The first-order valence-electron chi connectivity index (χ1n) is 4.22. The first-order valence-corrected chi connectivity index (χ1v) is 5.09. The third-order valence-electron chi connectivity index (χ3n) is 2.06. The summed E-state index contributed by atoms with van der Waals surface area (Å²) < 4.78 is 0.684. The van der Waals surface area contributed by atoms with E-state index in [9.17, 15) is 15.0 Å². The number of aromatic hydroxyl groups is 2. The highest BCUT2D eigenvalue weighted by Gasteiger charge is 2.12. The first kappa shape index (κ1) is 9.79. The van der Waals surface area contributed by atoms with E-state index in [1.807, 2.05) is 0 Å². The molecule has 0 spiro atoms. The third kappa shape index (κ3) is 1.73. The van der Waals surface area contributed by atoms with E-state index in [4.69, 9.17) is 5.11 Å².